The first kappa shape index (κ1) is 16.5. The third kappa shape index (κ3) is 4.30. The van der Waals surface area contributed by atoms with Crippen molar-refractivity contribution in [3.05, 3.63) is 71.3 Å². The lowest BCUT2D eigenvalue weighted by Crippen LogP contribution is -2.01. The van der Waals surface area contributed by atoms with Gasteiger partial charge in [-0.05, 0) is 42.8 Å². The standard InChI is InChI=1S/C19H18O4/c1-3-23-18-7-5-4-6-16(18)17(20)13-10-14-8-11-15(12-9-14)19(21)22-2/h4-13H,3H2,1-2H3/b13-10+. The van der Waals surface area contributed by atoms with E-state index in [2.05, 4.69) is 4.74 Å². The first-order valence-corrected chi connectivity index (χ1v) is 7.28. The van der Waals surface area contributed by atoms with Gasteiger partial charge < -0.3 is 9.47 Å². The summed E-state index contributed by atoms with van der Waals surface area (Å²) in [5, 5.41) is 0. The summed E-state index contributed by atoms with van der Waals surface area (Å²) >= 11 is 0. The largest absolute Gasteiger partial charge is 0.493 e. The monoisotopic (exact) mass is 310 g/mol. The first-order valence-electron chi connectivity index (χ1n) is 7.28. The van der Waals surface area contributed by atoms with Gasteiger partial charge in [-0.15, -0.1) is 0 Å². The minimum Gasteiger partial charge on any atom is -0.493 e. The lowest BCUT2D eigenvalue weighted by Gasteiger charge is -2.06. The summed E-state index contributed by atoms with van der Waals surface area (Å²) in [6.45, 7) is 2.38. The Hall–Kier alpha value is -2.88. The molecule has 4 nitrogen and oxygen atoms in total. The lowest BCUT2D eigenvalue weighted by molar-refractivity contribution is 0.0600. The van der Waals surface area contributed by atoms with E-state index < -0.39 is 0 Å². The normalized spacial score (nSPS) is 10.5. The van der Waals surface area contributed by atoms with E-state index in [-0.39, 0.29) is 11.8 Å². The molecule has 0 unspecified atom stereocenters. The molecule has 0 bridgehead atoms. The number of para-hydroxylation sites is 1. The van der Waals surface area contributed by atoms with Crippen LogP contribution in [0.4, 0.5) is 0 Å². The summed E-state index contributed by atoms with van der Waals surface area (Å²) in [7, 11) is 1.34. The molecule has 0 aliphatic rings. The molecule has 0 amide bonds. The first-order chi connectivity index (χ1) is 11.2. The Kier molecular flexibility index (Phi) is 5.69. The highest BCUT2D eigenvalue weighted by atomic mass is 16.5. The Bertz CT molecular complexity index is 714. The van der Waals surface area contributed by atoms with Gasteiger partial charge in [-0.1, -0.05) is 30.3 Å². The lowest BCUT2D eigenvalue weighted by atomic mass is 10.1. The molecule has 0 atom stereocenters. The quantitative estimate of drug-likeness (QED) is 0.463. The molecule has 0 aliphatic heterocycles. The number of ketones is 1. The van der Waals surface area contributed by atoms with Gasteiger partial charge in [0.25, 0.3) is 0 Å². The molecule has 0 fully saturated rings. The van der Waals surface area contributed by atoms with Crippen LogP contribution in [-0.4, -0.2) is 25.5 Å². The zero-order valence-electron chi connectivity index (χ0n) is 13.1. The number of rotatable bonds is 6. The summed E-state index contributed by atoms with van der Waals surface area (Å²) in [6, 6.07) is 14.0. The molecule has 118 valence electrons. The van der Waals surface area contributed by atoms with E-state index in [0.717, 1.165) is 5.56 Å². The SMILES string of the molecule is CCOc1ccccc1C(=O)/C=C/c1ccc(C(=O)OC)cc1. The van der Waals surface area contributed by atoms with E-state index in [1.807, 2.05) is 13.0 Å². The van der Waals surface area contributed by atoms with Gasteiger partial charge in [-0.3, -0.25) is 4.79 Å². The molecule has 2 rings (SSSR count). The van der Waals surface area contributed by atoms with Gasteiger partial charge >= 0.3 is 5.97 Å². The van der Waals surface area contributed by atoms with E-state index in [4.69, 9.17) is 4.74 Å². The molecule has 23 heavy (non-hydrogen) atoms. The fourth-order valence-electron chi connectivity index (χ4n) is 2.06. The van der Waals surface area contributed by atoms with Crippen molar-refractivity contribution in [2.45, 2.75) is 6.92 Å². The van der Waals surface area contributed by atoms with Gasteiger partial charge in [-0.2, -0.15) is 0 Å². The highest BCUT2D eigenvalue weighted by Crippen LogP contribution is 2.19. The van der Waals surface area contributed by atoms with E-state index in [0.29, 0.717) is 23.5 Å². The van der Waals surface area contributed by atoms with Crippen molar-refractivity contribution >= 4 is 17.8 Å². The fourth-order valence-corrected chi connectivity index (χ4v) is 2.06. The number of methoxy groups -OCH3 is 1. The molecule has 0 spiro atoms. The number of allylic oxidation sites excluding steroid dienone is 1. The smallest absolute Gasteiger partial charge is 0.337 e. The molecule has 0 aliphatic carbocycles. The van der Waals surface area contributed by atoms with Crippen LogP contribution in [0.5, 0.6) is 5.75 Å². The van der Waals surface area contributed by atoms with E-state index in [1.165, 1.54) is 13.2 Å². The third-order valence-corrected chi connectivity index (χ3v) is 3.21. The number of esters is 1. The summed E-state index contributed by atoms with van der Waals surface area (Å²) in [6.07, 6.45) is 3.19. The van der Waals surface area contributed by atoms with Crippen molar-refractivity contribution in [1.82, 2.24) is 0 Å². The highest BCUT2D eigenvalue weighted by molar-refractivity contribution is 6.08. The maximum Gasteiger partial charge on any atom is 0.337 e. The molecule has 0 heterocycles. The Morgan fingerprint density at radius 1 is 1.04 bits per heavy atom. The topological polar surface area (TPSA) is 52.6 Å². The van der Waals surface area contributed by atoms with Crippen LogP contribution in [-0.2, 0) is 4.74 Å². The van der Waals surface area contributed by atoms with Crippen LogP contribution in [0.15, 0.2) is 54.6 Å². The summed E-state index contributed by atoms with van der Waals surface area (Å²) in [4.78, 5) is 23.7. The van der Waals surface area contributed by atoms with Crippen molar-refractivity contribution in [2.24, 2.45) is 0 Å². The second kappa shape index (κ2) is 7.94. The number of carbonyl (C=O) groups is 2. The predicted octanol–water partition coefficient (Wildman–Crippen LogP) is 3.77. The van der Waals surface area contributed by atoms with Crippen molar-refractivity contribution in [3.8, 4) is 5.75 Å². The fraction of sp³-hybridized carbons (Fsp3) is 0.158. The van der Waals surface area contributed by atoms with E-state index in [1.54, 1.807) is 48.5 Å². The third-order valence-electron chi connectivity index (χ3n) is 3.21. The molecule has 4 heteroatoms. The average molecular weight is 310 g/mol. The van der Waals surface area contributed by atoms with Crippen molar-refractivity contribution < 1.29 is 19.1 Å². The second-order valence-electron chi connectivity index (χ2n) is 4.74. The number of carbonyl (C=O) groups excluding carboxylic acids is 2. The highest BCUT2D eigenvalue weighted by Gasteiger charge is 2.09. The summed E-state index contributed by atoms with van der Waals surface area (Å²) < 4.78 is 10.1. The summed E-state index contributed by atoms with van der Waals surface area (Å²) in [5.41, 5.74) is 1.81. The zero-order chi connectivity index (χ0) is 16.7. The van der Waals surface area contributed by atoms with E-state index >= 15 is 0 Å². The van der Waals surface area contributed by atoms with Gasteiger partial charge in [0.05, 0.1) is 24.8 Å². The van der Waals surface area contributed by atoms with Gasteiger partial charge in [0.2, 0.25) is 0 Å². The molecule has 0 saturated heterocycles. The maximum absolute atomic E-state index is 12.3. The molecule has 0 N–H and O–H groups in total. The zero-order valence-corrected chi connectivity index (χ0v) is 13.1. The maximum atomic E-state index is 12.3. The van der Waals surface area contributed by atoms with Gasteiger partial charge in [-0.25, -0.2) is 4.79 Å². The number of ether oxygens (including phenoxy) is 2. The Morgan fingerprint density at radius 3 is 2.39 bits per heavy atom. The van der Waals surface area contributed by atoms with Crippen LogP contribution < -0.4 is 4.74 Å². The minimum atomic E-state index is -0.387. The number of hydrogen-bond donors (Lipinski definition) is 0. The van der Waals surface area contributed by atoms with Crippen LogP contribution in [0, 0.1) is 0 Å². The van der Waals surface area contributed by atoms with Crippen LogP contribution in [0.2, 0.25) is 0 Å². The Labute approximate surface area is 135 Å². The van der Waals surface area contributed by atoms with E-state index in [9.17, 15) is 9.59 Å². The average Bonchev–Trinajstić information content (AvgIpc) is 2.60. The van der Waals surface area contributed by atoms with Crippen LogP contribution in [0.1, 0.15) is 33.2 Å². The summed E-state index contributed by atoms with van der Waals surface area (Å²) in [5.74, 6) is 0.0547. The predicted molar refractivity (Wildman–Crippen MR) is 88.8 cm³/mol. The van der Waals surface area contributed by atoms with Crippen molar-refractivity contribution in [3.63, 3.8) is 0 Å². The molecule has 2 aromatic carbocycles. The van der Waals surface area contributed by atoms with Crippen molar-refractivity contribution in [1.29, 1.82) is 0 Å². The van der Waals surface area contributed by atoms with Crippen molar-refractivity contribution in [2.75, 3.05) is 13.7 Å². The molecule has 0 saturated carbocycles. The molecular weight excluding hydrogens is 292 g/mol. The Morgan fingerprint density at radius 2 is 1.74 bits per heavy atom. The minimum absolute atomic E-state index is 0.133. The Balaban J connectivity index is 2.14. The van der Waals surface area contributed by atoms with Crippen LogP contribution in [0.3, 0.4) is 0 Å². The van der Waals surface area contributed by atoms with Crippen LogP contribution >= 0.6 is 0 Å². The molecular formula is C19H18O4. The molecule has 2 aromatic rings. The molecule has 0 aromatic heterocycles. The molecule has 0 radical (unpaired) electrons. The number of benzene rings is 2. The van der Waals surface area contributed by atoms with Crippen LogP contribution in [0.25, 0.3) is 6.08 Å². The van der Waals surface area contributed by atoms with Gasteiger partial charge in [0, 0.05) is 0 Å². The second-order valence-corrected chi connectivity index (χ2v) is 4.74. The number of hydrogen-bond acceptors (Lipinski definition) is 4. The van der Waals surface area contributed by atoms with Gasteiger partial charge in [0.1, 0.15) is 5.75 Å². The van der Waals surface area contributed by atoms with Gasteiger partial charge in [0.15, 0.2) is 5.78 Å².